The van der Waals surface area contributed by atoms with E-state index >= 15 is 0 Å². The van der Waals surface area contributed by atoms with Gasteiger partial charge in [0, 0.05) is 0 Å². The van der Waals surface area contributed by atoms with Crippen LogP contribution in [0.1, 0.15) is 90.9 Å². The average Bonchev–Trinajstić information content (AvgIpc) is 3.05. The molecule has 2 rings (SSSR count). The molecule has 148 valence electrons. The van der Waals surface area contributed by atoms with E-state index in [2.05, 4.69) is 0 Å². The summed E-state index contributed by atoms with van der Waals surface area (Å²) in [4.78, 5) is 25.9. The highest BCUT2D eigenvalue weighted by atomic mass is 16.5. The van der Waals surface area contributed by atoms with Crippen molar-refractivity contribution in [1.82, 2.24) is 0 Å². The molecule has 0 bridgehead atoms. The lowest BCUT2D eigenvalue weighted by atomic mass is 9.81. The summed E-state index contributed by atoms with van der Waals surface area (Å²) in [5, 5.41) is 0. The Labute approximate surface area is 158 Å². The molecule has 2 aliphatic carbocycles. The molecule has 2 fully saturated rings. The Morgan fingerprint density at radius 3 is 1.19 bits per heavy atom. The van der Waals surface area contributed by atoms with Crippen LogP contribution in [-0.2, 0) is 19.1 Å². The largest absolute Gasteiger partial charge is 0.463 e. The first-order valence-electron chi connectivity index (χ1n) is 10.8. The third-order valence-corrected chi connectivity index (χ3v) is 5.81. The van der Waals surface area contributed by atoms with E-state index < -0.39 is 0 Å². The minimum atomic E-state index is -0.285. The average molecular weight is 365 g/mol. The van der Waals surface area contributed by atoms with Gasteiger partial charge in [0.05, 0.1) is 24.4 Å². The topological polar surface area (TPSA) is 52.6 Å². The first-order valence-corrected chi connectivity index (χ1v) is 10.8. The molecular weight excluding hydrogens is 328 g/mol. The van der Waals surface area contributed by atoms with Crippen LogP contribution in [-0.4, -0.2) is 25.2 Å². The highest BCUT2D eigenvalue weighted by Gasteiger charge is 2.34. The van der Waals surface area contributed by atoms with Crippen LogP contribution in [0.5, 0.6) is 0 Å². The molecule has 0 radical (unpaired) electrons. The van der Waals surface area contributed by atoms with Crippen molar-refractivity contribution in [2.45, 2.75) is 90.9 Å². The zero-order chi connectivity index (χ0) is 18.8. The molecular formula is C22H36O4. The maximum Gasteiger partial charge on any atom is 0.334 e. The fraction of sp³-hybridized carbons (Fsp3) is 0.818. The molecule has 0 unspecified atom stereocenters. The summed E-state index contributed by atoms with van der Waals surface area (Å²) in [5.41, 5.74) is 1.30. The molecule has 0 heterocycles. The van der Waals surface area contributed by atoms with Crippen molar-refractivity contribution in [3.63, 3.8) is 0 Å². The Morgan fingerprint density at radius 1 is 0.615 bits per heavy atom. The molecule has 0 aromatic heterocycles. The van der Waals surface area contributed by atoms with Crippen LogP contribution in [0.15, 0.2) is 11.1 Å². The van der Waals surface area contributed by atoms with Gasteiger partial charge in [0.25, 0.3) is 0 Å². The lowest BCUT2D eigenvalue weighted by Crippen LogP contribution is -2.26. The number of hydrogen-bond donors (Lipinski definition) is 0. The van der Waals surface area contributed by atoms with Gasteiger partial charge in [0.15, 0.2) is 0 Å². The van der Waals surface area contributed by atoms with Crippen LogP contribution in [0.3, 0.4) is 0 Å². The van der Waals surface area contributed by atoms with E-state index in [1.165, 1.54) is 25.7 Å². The van der Waals surface area contributed by atoms with Gasteiger partial charge in [-0.3, -0.25) is 0 Å². The van der Waals surface area contributed by atoms with Gasteiger partial charge in [0.2, 0.25) is 0 Å². The lowest BCUT2D eigenvalue weighted by Gasteiger charge is -2.25. The monoisotopic (exact) mass is 364 g/mol. The summed E-state index contributed by atoms with van der Waals surface area (Å²) in [7, 11) is 0. The zero-order valence-corrected chi connectivity index (χ0v) is 16.7. The van der Waals surface area contributed by atoms with Crippen molar-refractivity contribution < 1.29 is 19.1 Å². The van der Waals surface area contributed by atoms with Crippen molar-refractivity contribution in [2.75, 3.05) is 13.2 Å². The smallest absolute Gasteiger partial charge is 0.334 e. The van der Waals surface area contributed by atoms with Crippen LogP contribution >= 0.6 is 0 Å². The molecule has 0 aliphatic heterocycles. The van der Waals surface area contributed by atoms with Crippen LogP contribution in [0.25, 0.3) is 0 Å². The van der Waals surface area contributed by atoms with E-state index in [4.69, 9.17) is 9.47 Å². The van der Waals surface area contributed by atoms with E-state index in [1.807, 2.05) is 13.8 Å². The molecule has 2 aliphatic rings. The Hall–Kier alpha value is -1.32. The van der Waals surface area contributed by atoms with Crippen molar-refractivity contribution in [2.24, 2.45) is 11.8 Å². The summed E-state index contributed by atoms with van der Waals surface area (Å²) in [5.74, 6) is -0.295. The number of hydrogen-bond acceptors (Lipinski definition) is 4. The fourth-order valence-corrected chi connectivity index (χ4v) is 4.55. The second kappa shape index (κ2) is 11.4. The third kappa shape index (κ3) is 5.85. The molecule has 0 atom stereocenters. The summed E-state index contributed by atoms with van der Waals surface area (Å²) in [6.45, 7) is 4.35. The molecule has 4 nitrogen and oxygen atoms in total. The maximum absolute atomic E-state index is 12.9. The zero-order valence-electron chi connectivity index (χ0n) is 16.7. The lowest BCUT2D eigenvalue weighted by molar-refractivity contribution is -0.143. The molecule has 0 saturated heterocycles. The van der Waals surface area contributed by atoms with Gasteiger partial charge in [-0.25, -0.2) is 9.59 Å². The fourth-order valence-electron chi connectivity index (χ4n) is 4.55. The molecule has 26 heavy (non-hydrogen) atoms. The highest BCUT2D eigenvalue weighted by Crippen LogP contribution is 2.37. The van der Waals surface area contributed by atoms with Crippen molar-refractivity contribution in [1.29, 1.82) is 0 Å². The minimum absolute atomic E-state index is 0.138. The summed E-state index contributed by atoms with van der Waals surface area (Å²) in [6.07, 6.45) is 13.2. The summed E-state index contributed by atoms with van der Waals surface area (Å²) in [6, 6.07) is 0. The minimum Gasteiger partial charge on any atom is -0.463 e. The predicted molar refractivity (Wildman–Crippen MR) is 103 cm³/mol. The van der Waals surface area contributed by atoms with Crippen molar-refractivity contribution in [3.05, 3.63) is 11.1 Å². The second-order valence-corrected chi connectivity index (χ2v) is 7.65. The van der Waals surface area contributed by atoms with E-state index in [1.54, 1.807) is 0 Å². The van der Waals surface area contributed by atoms with Crippen LogP contribution < -0.4 is 0 Å². The molecule has 4 heteroatoms. The summed E-state index contributed by atoms with van der Waals surface area (Å²) >= 11 is 0. The van der Waals surface area contributed by atoms with Gasteiger partial charge in [-0.1, -0.05) is 51.4 Å². The Morgan fingerprint density at radius 2 is 0.923 bits per heavy atom. The molecule has 0 aromatic carbocycles. The number of carbonyl (C=O) groups is 2. The van der Waals surface area contributed by atoms with Gasteiger partial charge in [-0.15, -0.1) is 0 Å². The molecule has 0 aromatic rings. The van der Waals surface area contributed by atoms with E-state index in [0.29, 0.717) is 24.4 Å². The maximum atomic E-state index is 12.9. The molecule has 0 N–H and O–H groups in total. The van der Waals surface area contributed by atoms with E-state index in [9.17, 15) is 9.59 Å². The third-order valence-electron chi connectivity index (χ3n) is 5.81. The SMILES string of the molecule is CCOC(=O)C(=C(C(=O)OCC)C1CCCCCC1)C1CCCCCC1. The first kappa shape index (κ1) is 21.0. The molecule has 0 amide bonds. The van der Waals surface area contributed by atoms with Gasteiger partial charge >= 0.3 is 11.9 Å². The van der Waals surface area contributed by atoms with Gasteiger partial charge in [-0.2, -0.15) is 0 Å². The number of rotatable bonds is 6. The quantitative estimate of drug-likeness (QED) is 0.362. The van der Waals surface area contributed by atoms with E-state index in [0.717, 1.165) is 51.4 Å². The van der Waals surface area contributed by atoms with E-state index in [-0.39, 0.29) is 23.8 Å². The standard InChI is InChI=1S/C22H36O4/c1-3-25-21(23)19(17-13-9-5-6-10-14-17)20(22(24)26-4-2)18-15-11-7-8-12-16-18/h17-18H,3-16H2,1-2H3. The molecule has 0 spiro atoms. The Balaban J connectivity index is 2.46. The number of carbonyl (C=O) groups excluding carboxylic acids is 2. The summed E-state index contributed by atoms with van der Waals surface area (Å²) < 4.78 is 10.8. The normalized spacial score (nSPS) is 21.3. The Bertz CT molecular complexity index is 434. The second-order valence-electron chi connectivity index (χ2n) is 7.65. The molecule has 2 saturated carbocycles. The number of ether oxygens (including phenoxy) is 2. The first-order chi connectivity index (χ1) is 12.7. The highest BCUT2D eigenvalue weighted by molar-refractivity contribution is 6.01. The van der Waals surface area contributed by atoms with Crippen LogP contribution in [0, 0.1) is 11.8 Å². The van der Waals surface area contributed by atoms with Crippen molar-refractivity contribution in [3.8, 4) is 0 Å². The van der Waals surface area contributed by atoms with Gasteiger partial charge < -0.3 is 9.47 Å². The van der Waals surface area contributed by atoms with Crippen LogP contribution in [0.4, 0.5) is 0 Å². The Kier molecular flexibility index (Phi) is 9.21. The number of esters is 2. The predicted octanol–water partition coefficient (Wildman–Crippen LogP) is 5.35. The van der Waals surface area contributed by atoms with Gasteiger partial charge in [-0.05, 0) is 51.4 Å². The van der Waals surface area contributed by atoms with Crippen molar-refractivity contribution >= 4 is 11.9 Å². The van der Waals surface area contributed by atoms with Gasteiger partial charge in [0.1, 0.15) is 0 Å². The van der Waals surface area contributed by atoms with Crippen LogP contribution in [0.2, 0.25) is 0 Å².